The Morgan fingerprint density at radius 3 is 2.47 bits per heavy atom. The average Bonchev–Trinajstić information content (AvgIpc) is 2.17. The number of hydrogen-bond donors (Lipinski definition) is 1. The van der Waals surface area contributed by atoms with E-state index in [-0.39, 0.29) is 6.09 Å². The summed E-state index contributed by atoms with van der Waals surface area (Å²) < 4.78 is 5.29. The van der Waals surface area contributed by atoms with E-state index in [0.717, 1.165) is 12.3 Å². The Kier molecular flexibility index (Phi) is 4.84. The van der Waals surface area contributed by atoms with Gasteiger partial charge < -0.3 is 10.1 Å². The molecule has 1 unspecified atom stereocenters. The van der Waals surface area contributed by atoms with Crippen LogP contribution < -0.4 is 5.32 Å². The van der Waals surface area contributed by atoms with Crippen LogP contribution in [0.15, 0.2) is 0 Å². The molecule has 3 nitrogen and oxygen atoms in total. The third kappa shape index (κ3) is 4.21. The molecule has 0 aromatic rings. The number of hydrogen-bond acceptors (Lipinski definition) is 2. The van der Waals surface area contributed by atoms with Crippen LogP contribution in [0.25, 0.3) is 0 Å². The molecule has 3 atom stereocenters. The van der Waals surface area contributed by atoms with Crippen LogP contribution in [-0.2, 0) is 4.74 Å². The molecule has 1 rings (SSSR count). The Labute approximate surface area is 105 Å². The summed E-state index contributed by atoms with van der Waals surface area (Å²) in [5, 5.41) is 3.01. The third-order valence-electron chi connectivity index (χ3n) is 3.53. The van der Waals surface area contributed by atoms with Crippen molar-refractivity contribution in [3.8, 4) is 0 Å². The molecule has 100 valence electrons. The van der Waals surface area contributed by atoms with Crippen molar-refractivity contribution in [3.05, 3.63) is 0 Å². The zero-order chi connectivity index (χ0) is 13.1. The standard InChI is InChI=1S/C14H27NO2/c1-6-8-11-10(7-2)9-12(11)15-13(16)17-14(3,4)5/h10-12H,6-9H2,1-5H3,(H,15,16)/t10?,11-,12-/m1/s1. The first-order valence-electron chi connectivity index (χ1n) is 6.86. The van der Waals surface area contributed by atoms with Gasteiger partial charge in [0.25, 0.3) is 0 Å². The van der Waals surface area contributed by atoms with Crippen LogP contribution in [0.3, 0.4) is 0 Å². The predicted octanol–water partition coefficient (Wildman–Crippen LogP) is 3.73. The highest BCUT2D eigenvalue weighted by Gasteiger charge is 2.40. The van der Waals surface area contributed by atoms with E-state index in [9.17, 15) is 4.79 Å². The normalized spacial score (nSPS) is 28.4. The maximum absolute atomic E-state index is 11.7. The van der Waals surface area contributed by atoms with Crippen LogP contribution >= 0.6 is 0 Å². The van der Waals surface area contributed by atoms with Gasteiger partial charge in [-0.25, -0.2) is 4.79 Å². The number of rotatable bonds is 4. The topological polar surface area (TPSA) is 38.3 Å². The molecule has 0 bridgehead atoms. The number of carbonyl (C=O) groups excluding carboxylic acids is 1. The van der Waals surface area contributed by atoms with Gasteiger partial charge in [-0.2, -0.15) is 0 Å². The molecular weight excluding hydrogens is 214 g/mol. The van der Waals surface area contributed by atoms with Gasteiger partial charge in [0.05, 0.1) is 0 Å². The molecule has 1 aliphatic carbocycles. The van der Waals surface area contributed by atoms with E-state index in [4.69, 9.17) is 4.74 Å². The first-order valence-corrected chi connectivity index (χ1v) is 6.86. The molecule has 1 fully saturated rings. The molecule has 0 heterocycles. The van der Waals surface area contributed by atoms with Crippen LogP contribution in [0.5, 0.6) is 0 Å². The van der Waals surface area contributed by atoms with Crippen LogP contribution in [0.4, 0.5) is 4.79 Å². The highest BCUT2D eigenvalue weighted by atomic mass is 16.6. The van der Waals surface area contributed by atoms with Crippen LogP contribution in [-0.4, -0.2) is 17.7 Å². The Morgan fingerprint density at radius 1 is 1.35 bits per heavy atom. The maximum Gasteiger partial charge on any atom is 0.407 e. The van der Waals surface area contributed by atoms with Crippen molar-refractivity contribution in [3.63, 3.8) is 0 Å². The first-order chi connectivity index (χ1) is 7.87. The zero-order valence-corrected chi connectivity index (χ0v) is 11.9. The fourth-order valence-electron chi connectivity index (χ4n) is 2.67. The van der Waals surface area contributed by atoms with E-state index < -0.39 is 5.60 Å². The van der Waals surface area contributed by atoms with Gasteiger partial charge in [0, 0.05) is 6.04 Å². The Bertz CT molecular complexity index is 257. The van der Waals surface area contributed by atoms with Gasteiger partial charge in [0.2, 0.25) is 0 Å². The van der Waals surface area contributed by atoms with E-state index in [2.05, 4.69) is 19.2 Å². The monoisotopic (exact) mass is 241 g/mol. The molecular formula is C14H27NO2. The lowest BCUT2D eigenvalue weighted by molar-refractivity contribution is 0.0317. The van der Waals surface area contributed by atoms with Crippen molar-refractivity contribution in [2.24, 2.45) is 11.8 Å². The van der Waals surface area contributed by atoms with Gasteiger partial charge in [0.15, 0.2) is 0 Å². The summed E-state index contributed by atoms with van der Waals surface area (Å²) in [4.78, 5) is 11.7. The highest BCUT2D eigenvalue weighted by molar-refractivity contribution is 5.68. The minimum absolute atomic E-state index is 0.266. The summed E-state index contributed by atoms with van der Waals surface area (Å²) in [6, 6.07) is 0.328. The van der Waals surface area contributed by atoms with Crippen molar-refractivity contribution in [2.75, 3.05) is 0 Å². The third-order valence-corrected chi connectivity index (χ3v) is 3.53. The molecule has 0 spiro atoms. The predicted molar refractivity (Wildman–Crippen MR) is 70.0 cm³/mol. The summed E-state index contributed by atoms with van der Waals surface area (Å²) in [6.07, 6.45) is 4.46. The molecule has 0 aromatic heterocycles. The van der Waals surface area contributed by atoms with Gasteiger partial charge in [-0.15, -0.1) is 0 Å². The molecule has 0 aromatic carbocycles. The smallest absolute Gasteiger partial charge is 0.407 e. The Hall–Kier alpha value is -0.730. The average molecular weight is 241 g/mol. The van der Waals surface area contributed by atoms with Crippen molar-refractivity contribution >= 4 is 6.09 Å². The number of nitrogens with one attached hydrogen (secondary N) is 1. The lowest BCUT2D eigenvalue weighted by Gasteiger charge is -2.45. The molecule has 1 aliphatic rings. The fourth-order valence-corrected chi connectivity index (χ4v) is 2.67. The lowest BCUT2D eigenvalue weighted by atomic mass is 9.66. The second kappa shape index (κ2) is 5.74. The van der Waals surface area contributed by atoms with Crippen molar-refractivity contribution in [1.29, 1.82) is 0 Å². The first kappa shape index (κ1) is 14.3. The Morgan fingerprint density at radius 2 is 2.00 bits per heavy atom. The summed E-state index contributed by atoms with van der Waals surface area (Å²) >= 11 is 0. The molecule has 1 amide bonds. The number of ether oxygens (including phenoxy) is 1. The number of carbonyl (C=O) groups is 1. The lowest BCUT2D eigenvalue weighted by Crippen LogP contribution is -2.53. The molecule has 0 saturated heterocycles. The number of amides is 1. The largest absolute Gasteiger partial charge is 0.444 e. The van der Waals surface area contributed by atoms with E-state index in [1.165, 1.54) is 19.3 Å². The van der Waals surface area contributed by atoms with Gasteiger partial charge in [-0.3, -0.25) is 0 Å². The van der Waals surface area contributed by atoms with Crippen LogP contribution in [0.2, 0.25) is 0 Å². The SMILES string of the molecule is CCC[C@@H]1C(CC)C[C@H]1NC(=O)OC(C)(C)C. The van der Waals surface area contributed by atoms with Crippen LogP contribution in [0.1, 0.15) is 60.3 Å². The summed E-state index contributed by atoms with van der Waals surface area (Å²) in [6.45, 7) is 10.1. The fraction of sp³-hybridized carbons (Fsp3) is 0.929. The van der Waals surface area contributed by atoms with Crippen LogP contribution in [0, 0.1) is 11.8 Å². The summed E-state index contributed by atoms with van der Waals surface area (Å²) in [5.41, 5.74) is -0.405. The van der Waals surface area contributed by atoms with Gasteiger partial charge in [-0.05, 0) is 45.4 Å². The highest BCUT2D eigenvalue weighted by Crippen LogP contribution is 2.40. The summed E-state index contributed by atoms with van der Waals surface area (Å²) in [7, 11) is 0. The molecule has 3 heteroatoms. The Balaban J connectivity index is 2.39. The molecule has 1 saturated carbocycles. The second-order valence-electron chi connectivity index (χ2n) is 6.11. The summed E-state index contributed by atoms with van der Waals surface area (Å²) in [5.74, 6) is 1.44. The van der Waals surface area contributed by atoms with Gasteiger partial charge in [-0.1, -0.05) is 26.7 Å². The molecule has 0 aliphatic heterocycles. The van der Waals surface area contributed by atoms with E-state index >= 15 is 0 Å². The van der Waals surface area contributed by atoms with Crippen molar-refractivity contribution in [1.82, 2.24) is 5.32 Å². The second-order valence-corrected chi connectivity index (χ2v) is 6.11. The van der Waals surface area contributed by atoms with Crippen molar-refractivity contribution in [2.45, 2.75) is 71.9 Å². The molecule has 0 radical (unpaired) electrons. The quantitative estimate of drug-likeness (QED) is 0.814. The van der Waals surface area contributed by atoms with Gasteiger partial charge >= 0.3 is 6.09 Å². The molecule has 17 heavy (non-hydrogen) atoms. The maximum atomic E-state index is 11.7. The minimum atomic E-state index is -0.405. The molecule has 1 N–H and O–H groups in total. The minimum Gasteiger partial charge on any atom is -0.444 e. The van der Waals surface area contributed by atoms with E-state index in [1.54, 1.807) is 0 Å². The van der Waals surface area contributed by atoms with E-state index in [0.29, 0.717) is 12.0 Å². The van der Waals surface area contributed by atoms with Gasteiger partial charge in [0.1, 0.15) is 5.60 Å². The number of alkyl carbamates (subject to hydrolysis) is 1. The zero-order valence-electron chi connectivity index (χ0n) is 11.9. The van der Waals surface area contributed by atoms with Crippen molar-refractivity contribution < 1.29 is 9.53 Å². The van der Waals surface area contributed by atoms with E-state index in [1.807, 2.05) is 20.8 Å².